The Bertz CT molecular complexity index is 294. The molecule has 1 atom stereocenters. The Morgan fingerprint density at radius 1 is 1.26 bits per heavy atom. The molecule has 5 heteroatoms. The Labute approximate surface area is 116 Å². The molecule has 0 radical (unpaired) electrons. The van der Waals surface area contributed by atoms with Gasteiger partial charge in [-0.15, -0.1) is 6.42 Å². The number of piperazine rings is 1. The Morgan fingerprint density at radius 2 is 1.84 bits per heavy atom. The van der Waals surface area contributed by atoms with Crippen LogP contribution in [0.15, 0.2) is 0 Å². The molecule has 0 aromatic heterocycles. The first kappa shape index (κ1) is 16.4. The lowest BCUT2D eigenvalue weighted by molar-refractivity contribution is -0.0410. The number of ether oxygens (including phenoxy) is 1. The first-order chi connectivity index (χ1) is 8.96. The van der Waals surface area contributed by atoms with E-state index in [0.717, 1.165) is 32.7 Å². The molecule has 0 unspecified atom stereocenters. The zero-order valence-corrected chi connectivity index (χ0v) is 12.0. The van der Waals surface area contributed by atoms with Crippen LogP contribution >= 0.6 is 0 Å². The number of terminal acetylenes is 1. The molecule has 0 bridgehead atoms. The number of aliphatic hydroxyl groups excluding tert-OH is 2. The Balaban J connectivity index is 2.20. The fourth-order valence-corrected chi connectivity index (χ4v) is 2.03. The summed E-state index contributed by atoms with van der Waals surface area (Å²) in [4.78, 5) is 4.44. The first-order valence-corrected chi connectivity index (χ1v) is 6.82. The molecule has 0 amide bonds. The maximum absolute atomic E-state index is 9.94. The van der Waals surface area contributed by atoms with Crippen LogP contribution in [0.2, 0.25) is 0 Å². The molecule has 1 rings (SSSR count). The summed E-state index contributed by atoms with van der Waals surface area (Å²) in [6.07, 6.45) is 4.81. The maximum Gasteiger partial charge on any atom is 0.122 e. The summed E-state index contributed by atoms with van der Waals surface area (Å²) in [6, 6.07) is 0. The third kappa shape index (κ3) is 6.37. The second-order valence-electron chi connectivity index (χ2n) is 5.49. The monoisotopic (exact) mass is 270 g/mol. The highest BCUT2D eigenvalue weighted by molar-refractivity contribution is 5.02. The van der Waals surface area contributed by atoms with Gasteiger partial charge in [-0.2, -0.15) is 0 Å². The number of rotatable bonds is 7. The van der Waals surface area contributed by atoms with E-state index in [0.29, 0.717) is 6.54 Å². The highest BCUT2D eigenvalue weighted by atomic mass is 16.5. The van der Waals surface area contributed by atoms with Gasteiger partial charge in [0.05, 0.1) is 19.3 Å². The van der Waals surface area contributed by atoms with Crippen LogP contribution in [0, 0.1) is 12.3 Å². The molecule has 110 valence electrons. The van der Waals surface area contributed by atoms with Crippen LogP contribution < -0.4 is 0 Å². The zero-order chi connectivity index (χ0) is 14.3. The van der Waals surface area contributed by atoms with Gasteiger partial charge in [-0.3, -0.25) is 9.80 Å². The number of hydrogen-bond donors (Lipinski definition) is 2. The van der Waals surface area contributed by atoms with Crippen molar-refractivity contribution in [2.24, 2.45) is 0 Å². The first-order valence-electron chi connectivity index (χ1n) is 6.82. The summed E-state index contributed by atoms with van der Waals surface area (Å²) in [7, 11) is 0. The molecular weight excluding hydrogens is 244 g/mol. The number of hydrogen-bond acceptors (Lipinski definition) is 5. The van der Waals surface area contributed by atoms with Crippen LogP contribution in [0.5, 0.6) is 0 Å². The fraction of sp³-hybridized carbons (Fsp3) is 0.857. The smallest absolute Gasteiger partial charge is 0.122 e. The van der Waals surface area contributed by atoms with Crippen molar-refractivity contribution in [3.63, 3.8) is 0 Å². The van der Waals surface area contributed by atoms with Crippen molar-refractivity contribution in [2.75, 3.05) is 52.5 Å². The molecule has 2 N–H and O–H groups in total. The maximum atomic E-state index is 9.94. The molecule has 1 aliphatic rings. The topological polar surface area (TPSA) is 56.2 Å². The summed E-state index contributed by atoms with van der Waals surface area (Å²) < 4.78 is 5.49. The summed E-state index contributed by atoms with van der Waals surface area (Å²) in [5.41, 5.74) is -0.624. The van der Waals surface area contributed by atoms with Gasteiger partial charge in [0, 0.05) is 39.3 Å². The van der Waals surface area contributed by atoms with Gasteiger partial charge in [0.15, 0.2) is 0 Å². The second-order valence-corrected chi connectivity index (χ2v) is 5.49. The van der Waals surface area contributed by atoms with E-state index in [1.165, 1.54) is 0 Å². The average Bonchev–Trinajstić information content (AvgIpc) is 2.39. The van der Waals surface area contributed by atoms with Crippen LogP contribution in [-0.4, -0.2) is 84.2 Å². The summed E-state index contributed by atoms with van der Waals surface area (Å²) in [5.74, 6) is 2.54. The molecule has 1 heterocycles. The van der Waals surface area contributed by atoms with E-state index in [-0.39, 0.29) is 13.2 Å². The van der Waals surface area contributed by atoms with E-state index >= 15 is 0 Å². The van der Waals surface area contributed by atoms with Gasteiger partial charge in [0.25, 0.3) is 0 Å². The third-order valence-electron chi connectivity index (χ3n) is 3.33. The molecular formula is C14H26N2O3. The van der Waals surface area contributed by atoms with Gasteiger partial charge in [0.2, 0.25) is 0 Å². The lowest BCUT2D eigenvalue weighted by atomic mass is 10.1. The van der Waals surface area contributed by atoms with E-state index in [9.17, 15) is 5.11 Å². The van der Waals surface area contributed by atoms with Crippen LogP contribution in [-0.2, 0) is 4.74 Å². The molecule has 0 aliphatic carbocycles. The normalized spacial score (nSPS) is 20.2. The molecule has 0 aromatic rings. The highest BCUT2D eigenvalue weighted by Crippen LogP contribution is 2.08. The Morgan fingerprint density at radius 3 is 2.37 bits per heavy atom. The molecule has 1 fully saturated rings. The van der Waals surface area contributed by atoms with Gasteiger partial charge in [-0.25, -0.2) is 0 Å². The second kappa shape index (κ2) is 7.83. The van der Waals surface area contributed by atoms with Gasteiger partial charge >= 0.3 is 0 Å². The molecule has 5 nitrogen and oxygen atoms in total. The Kier molecular flexibility index (Phi) is 6.76. The van der Waals surface area contributed by atoms with Crippen LogP contribution in [0.3, 0.4) is 0 Å². The molecule has 1 saturated heterocycles. The minimum absolute atomic E-state index is 0.206. The summed E-state index contributed by atoms with van der Waals surface area (Å²) in [5, 5.41) is 18.8. The predicted octanol–water partition coefficient (Wildman–Crippen LogP) is -0.614. The SMILES string of the molecule is C#CC(C)(C)OC[C@@H](O)CN1CCN(CCO)CC1. The third-order valence-corrected chi connectivity index (χ3v) is 3.33. The van der Waals surface area contributed by atoms with Crippen molar-refractivity contribution in [2.45, 2.75) is 25.6 Å². The minimum Gasteiger partial charge on any atom is -0.395 e. The van der Waals surface area contributed by atoms with E-state index in [4.69, 9.17) is 16.3 Å². The van der Waals surface area contributed by atoms with E-state index in [2.05, 4.69) is 15.7 Å². The van der Waals surface area contributed by atoms with Gasteiger partial charge in [0.1, 0.15) is 5.60 Å². The molecule has 0 spiro atoms. The van der Waals surface area contributed by atoms with Crippen molar-refractivity contribution in [3.8, 4) is 12.3 Å². The molecule has 0 aromatic carbocycles. The number of β-amino-alcohol motifs (C(OH)–C–C–N with tert-alkyl or cyclic N) is 2. The van der Waals surface area contributed by atoms with Crippen molar-refractivity contribution >= 4 is 0 Å². The van der Waals surface area contributed by atoms with Crippen LogP contribution in [0.1, 0.15) is 13.8 Å². The number of nitrogens with zero attached hydrogens (tertiary/aromatic N) is 2. The van der Waals surface area contributed by atoms with Crippen LogP contribution in [0.4, 0.5) is 0 Å². The fourth-order valence-electron chi connectivity index (χ4n) is 2.03. The van der Waals surface area contributed by atoms with Gasteiger partial charge in [-0.1, -0.05) is 5.92 Å². The largest absolute Gasteiger partial charge is 0.395 e. The molecule has 0 saturated carbocycles. The average molecular weight is 270 g/mol. The number of aliphatic hydroxyl groups is 2. The van der Waals surface area contributed by atoms with Gasteiger partial charge in [-0.05, 0) is 13.8 Å². The quantitative estimate of drug-likeness (QED) is 0.604. The van der Waals surface area contributed by atoms with Crippen molar-refractivity contribution < 1.29 is 14.9 Å². The highest BCUT2D eigenvalue weighted by Gasteiger charge is 2.21. The van der Waals surface area contributed by atoms with Crippen molar-refractivity contribution in [1.29, 1.82) is 0 Å². The van der Waals surface area contributed by atoms with E-state index in [1.54, 1.807) is 0 Å². The van der Waals surface area contributed by atoms with Gasteiger partial charge < -0.3 is 14.9 Å². The summed E-state index contributed by atoms with van der Waals surface area (Å²) in [6.45, 7) is 9.12. The lowest BCUT2D eigenvalue weighted by Gasteiger charge is -2.35. The predicted molar refractivity (Wildman–Crippen MR) is 74.8 cm³/mol. The summed E-state index contributed by atoms with van der Waals surface area (Å²) >= 11 is 0. The van der Waals surface area contributed by atoms with Crippen molar-refractivity contribution in [1.82, 2.24) is 9.80 Å². The van der Waals surface area contributed by atoms with E-state index < -0.39 is 11.7 Å². The minimum atomic E-state index is -0.624. The van der Waals surface area contributed by atoms with E-state index in [1.807, 2.05) is 13.8 Å². The zero-order valence-electron chi connectivity index (χ0n) is 12.0. The van der Waals surface area contributed by atoms with Crippen molar-refractivity contribution in [3.05, 3.63) is 0 Å². The molecule has 19 heavy (non-hydrogen) atoms. The van der Waals surface area contributed by atoms with Crippen LogP contribution in [0.25, 0.3) is 0 Å². The lowest BCUT2D eigenvalue weighted by Crippen LogP contribution is -2.49. The standard InChI is InChI=1S/C14H26N2O3/c1-4-14(2,3)19-12-13(18)11-16-7-5-15(6-8-16)9-10-17/h1,13,17-18H,5-12H2,2-3H3/t13-/m0/s1. The molecule has 1 aliphatic heterocycles. The Hall–Kier alpha value is -0.640.